The molecule has 2 aliphatic rings. The minimum Gasteiger partial charge on any atom is -0.470 e. The standard InChI is InChI=1S/C15H16BrNO5/c1-4-12-21-10-5-8(9(16)6-11(10)22-12)14-13(15(18)19-3)17-7(2)20-14/h5-6,12-14H,4H2,1-3H3. The number of hydrogen-bond acceptors (Lipinski definition) is 6. The molecule has 7 heteroatoms. The number of nitrogens with zero attached hydrogens (tertiary/aromatic N) is 1. The molecule has 0 saturated carbocycles. The summed E-state index contributed by atoms with van der Waals surface area (Å²) in [4.78, 5) is 16.1. The number of carbonyl (C=O) groups is 1. The second-order valence-corrected chi connectivity index (χ2v) is 5.90. The third-order valence-electron chi connectivity index (χ3n) is 3.57. The molecule has 1 aromatic rings. The van der Waals surface area contributed by atoms with Crippen molar-refractivity contribution in [3.8, 4) is 11.5 Å². The number of aliphatic imine (C=N–C) groups is 1. The van der Waals surface area contributed by atoms with Gasteiger partial charge in [-0.3, -0.25) is 0 Å². The summed E-state index contributed by atoms with van der Waals surface area (Å²) in [5.41, 5.74) is 0.773. The molecule has 6 nitrogen and oxygen atoms in total. The maximum absolute atomic E-state index is 11.9. The molecule has 0 aliphatic carbocycles. The lowest BCUT2D eigenvalue weighted by Crippen LogP contribution is -2.25. The number of ether oxygens (including phenoxy) is 4. The molecule has 0 aromatic heterocycles. The van der Waals surface area contributed by atoms with Gasteiger partial charge in [-0.15, -0.1) is 0 Å². The van der Waals surface area contributed by atoms with Crippen LogP contribution in [0.2, 0.25) is 0 Å². The van der Waals surface area contributed by atoms with E-state index < -0.39 is 18.1 Å². The van der Waals surface area contributed by atoms with Gasteiger partial charge in [-0.1, -0.05) is 22.9 Å². The number of benzene rings is 1. The molecule has 3 atom stereocenters. The Balaban J connectivity index is 1.94. The van der Waals surface area contributed by atoms with E-state index in [2.05, 4.69) is 20.9 Å². The summed E-state index contributed by atoms with van der Waals surface area (Å²) in [5.74, 6) is 1.34. The molecule has 0 N–H and O–H groups in total. The molecule has 0 fully saturated rings. The summed E-state index contributed by atoms with van der Waals surface area (Å²) in [5, 5.41) is 0. The first kappa shape index (κ1) is 15.1. The van der Waals surface area contributed by atoms with Gasteiger partial charge in [0.2, 0.25) is 6.29 Å². The molecule has 3 rings (SSSR count). The highest BCUT2D eigenvalue weighted by molar-refractivity contribution is 9.10. The van der Waals surface area contributed by atoms with E-state index in [-0.39, 0.29) is 6.29 Å². The average Bonchev–Trinajstić information content (AvgIpc) is 3.08. The van der Waals surface area contributed by atoms with E-state index in [1.165, 1.54) is 7.11 Å². The van der Waals surface area contributed by atoms with E-state index in [9.17, 15) is 4.79 Å². The summed E-state index contributed by atoms with van der Waals surface area (Å²) in [6.45, 7) is 3.70. The van der Waals surface area contributed by atoms with E-state index in [0.29, 0.717) is 17.4 Å². The van der Waals surface area contributed by atoms with Crippen LogP contribution in [0, 0.1) is 0 Å². The lowest BCUT2D eigenvalue weighted by Gasteiger charge is -2.18. The monoisotopic (exact) mass is 369 g/mol. The van der Waals surface area contributed by atoms with E-state index >= 15 is 0 Å². The first-order valence-electron chi connectivity index (χ1n) is 6.99. The lowest BCUT2D eigenvalue weighted by atomic mass is 10.0. The normalized spacial score (nSPS) is 25.6. The Morgan fingerprint density at radius 1 is 1.32 bits per heavy atom. The Morgan fingerprint density at radius 3 is 2.64 bits per heavy atom. The van der Waals surface area contributed by atoms with Gasteiger partial charge in [0.05, 0.1) is 7.11 Å². The van der Waals surface area contributed by atoms with E-state index in [0.717, 1.165) is 16.5 Å². The van der Waals surface area contributed by atoms with Crippen LogP contribution in [-0.4, -0.2) is 31.3 Å². The molecule has 22 heavy (non-hydrogen) atoms. The third-order valence-corrected chi connectivity index (χ3v) is 4.25. The number of methoxy groups -OCH3 is 1. The molecular formula is C15H16BrNO5. The fourth-order valence-electron chi connectivity index (χ4n) is 2.50. The first-order valence-corrected chi connectivity index (χ1v) is 7.78. The van der Waals surface area contributed by atoms with Crippen molar-refractivity contribution in [3.05, 3.63) is 22.2 Å². The Kier molecular flexibility index (Phi) is 3.99. The molecule has 3 unspecified atom stereocenters. The van der Waals surface area contributed by atoms with Gasteiger partial charge in [0, 0.05) is 23.4 Å². The van der Waals surface area contributed by atoms with Crippen LogP contribution in [0.5, 0.6) is 11.5 Å². The number of esters is 1. The second-order valence-electron chi connectivity index (χ2n) is 5.05. The average molecular weight is 370 g/mol. The van der Waals surface area contributed by atoms with Crippen LogP contribution < -0.4 is 9.47 Å². The topological polar surface area (TPSA) is 66.4 Å². The first-order chi connectivity index (χ1) is 10.5. The summed E-state index contributed by atoms with van der Waals surface area (Å²) < 4.78 is 22.6. The van der Waals surface area contributed by atoms with Crippen LogP contribution in [0.4, 0.5) is 0 Å². The molecule has 0 bridgehead atoms. The fraction of sp³-hybridized carbons (Fsp3) is 0.467. The van der Waals surface area contributed by atoms with E-state index in [4.69, 9.17) is 18.9 Å². The van der Waals surface area contributed by atoms with Crippen molar-refractivity contribution in [3.63, 3.8) is 0 Å². The zero-order chi connectivity index (χ0) is 15.9. The van der Waals surface area contributed by atoms with Crippen LogP contribution in [0.15, 0.2) is 21.6 Å². The predicted octanol–water partition coefficient (Wildman–Crippen LogP) is 2.99. The van der Waals surface area contributed by atoms with Crippen LogP contribution in [-0.2, 0) is 14.3 Å². The predicted molar refractivity (Wildman–Crippen MR) is 82.2 cm³/mol. The molecular weight excluding hydrogens is 354 g/mol. The smallest absolute Gasteiger partial charge is 0.335 e. The minimum atomic E-state index is -0.719. The summed E-state index contributed by atoms with van der Waals surface area (Å²) in [7, 11) is 1.34. The quantitative estimate of drug-likeness (QED) is 0.766. The highest BCUT2D eigenvalue weighted by Gasteiger charge is 2.39. The van der Waals surface area contributed by atoms with Gasteiger partial charge >= 0.3 is 5.97 Å². The Bertz CT molecular complexity index is 645. The molecule has 1 aromatic carbocycles. The van der Waals surface area contributed by atoms with Gasteiger partial charge in [-0.05, 0) is 12.1 Å². The van der Waals surface area contributed by atoms with E-state index in [1.54, 1.807) is 6.92 Å². The molecule has 0 amide bonds. The molecule has 0 saturated heterocycles. The Morgan fingerprint density at radius 2 is 2.00 bits per heavy atom. The number of hydrogen-bond donors (Lipinski definition) is 0. The molecule has 2 heterocycles. The van der Waals surface area contributed by atoms with Crippen LogP contribution >= 0.6 is 15.9 Å². The number of carbonyl (C=O) groups excluding carboxylic acids is 1. The number of halogens is 1. The van der Waals surface area contributed by atoms with Crippen molar-refractivity contribution >= 4 is 27.8 Å². The van der Waals surface area contributed by atoms with Crippen molar-refractivity contribution in [1.82, 2.24) is 0 Å². The fourth-order valence-corrected chi connectivity index (χ4v) is 3.05. The van der Waals surface area contributed by atoms with Crippen LogP contribution in [0.25, 0.3) is 0 Å². The summed E-state index contributed by atoms with van der Waals surface area (Å²) >= 11 is 3.50. The molecule has 2 aliphatic heterocycles. The largest absolute Gasteiger partial charge is 0.470 e. The highest BCUT2D eigenvalue weighted by atomic mass is 79.9. The number of fused-ring (bicyclic) bond motifs is 1. The molecule has 0 radical (unpaired) electrons. The van der Waals surface area contributed by atoms with Crippen molar-refractivity contribution in [2.24, 2.45) is 4.99 Å². The molecule has 0 spiro atoms. The second kappa shape index (κ2) is 5.79. The summed E-state index contributed by atoms with van der Waals surface area (Å²) in [6, 6.07) is 2.93. The van der Waals surface area contributed by atoms with Crippen molar-refractivity contribution in [2.75, 3.05) is 7.11 Å². The minimum absolute atomic E-state index is 0.281. The van der Waals surface area contributed by atoms with Gasteiger partial charge in [0.1, 0.15) is 0 Å². The summed E-state index contributed by atoms with van der Waals surface area (Å²) in [6.07, 6.45) is -0.0818. The van der Waals surface area contributed by atoms with Crippen molar-refractivity contribution < 1.29 is 23.7 Å². The van der Waals surface area contributed by atoms with Gasteiger partial charge in [0.15, 0.2) is 29.5 Å². The third kappa shape index (κ3) is 2.54. The van der Waals surface area contributed by atoms with Crippen molar-refractivity contribution in [1.29, 1.82) is 0 Å². The maximum Gasteiger partial charge on any atom is 0.335 e. The van der Waals surface area contributed by atoms with Gasteiger partial charge in [0.25, 0.3) is 0 Å². The van der Waals surface area contributed by atoms with Crippen LogP contribution in [0.3, 0.4) is 0 Å². The molecule has 118 valence electrons. The maximum atomic E-state index is 11.9. The van der Waals surface area contributed by atoms with E-state index in [1.807, 2.05) is 19.1 Å². The SMILES string of the molecule is CCC1Oc2cc(Br)c(C3OC(C)=NC3C(=O)OC)cc2O1. The number of rotatable bonds is 3. The zero-order valence-electron chi connectivity index (χ0n) is 12.5. The Labute approximate surface area is 136 Å². The van der Waals surface area contributed by atoms with Gasteiger partial charge in [-0.25, -0.2) is 9.79 Å². The lowest BCUT2D eigenvalue weighted by molar-refractivity contribution is -0.143. The van der Waals surface area contributed by atoms with Crippen LogP contribution in [0.1, 0.15) is 31.9 Å². The Hall–Kier alpha value is -1.76. The zero-order valence-corrected chi connectivity index (χ0v) is 14.0. The van der Waals surface area contributed by atoms with Crippen molar-refractivity contribution in [2.45, 2.75) is 38.7 Å². The van der Waals surface area contributed by atoms with Gasteiger partial charge in [-0.2, -0.15) is 0 Å². The van der Waals surface area contributed by atoms with Gasteiger partial charge < -0.3 is 18.9 Å². The highest BCUT2D eigenvalue weighted by Crippen LogP contribution is 2.44.